The summed E-state index contributed by atoms with van der Waals surface area (Å²) in [6.45, 7) is 0.975. The summed E-state index contributed by atoms with van der Waals surface area (Å²) in [6, 6.07) is 28.5. The standard InChI is InChI=1S/C23H23NO/c1-24-16-19-10-6-7-11-21(19)22(17-12-14-20(25-2)15-13-17)23(24)18-8-4-3-5-9-18/h3-15,22-23H,16H2,1-2H3. The second-order valence-electron chi connectivity index (χ2n) is 6.72. The molecule has 0 amide bonds. The summed E-state index contributed by atoms with van der Waals surface area (Å²) in [5.74, 6) is 1.21. The van der Waals surface area contributed by atoms with Gasteiger partial charge in [-0.1, -0.05) is 66.7 Å². The fourth-order valence-corrected chi connectivity index (χ4v) is 4.04. The highest BCUT2D eigenvalue weighted by atomic mass is 16.5. The van der Waals surface area contributed by atoms with Gasteiger partial charge in [0.1, 0.15) is 5.75 Å². The first-order chi connectivity index (χ1) is 12.3. The van der Waals surface area contributed by atoms with Crippen LogP contribution in [0.25, 0.3) is 0 Å². The van der Waals surface area contributed by atoms with Gasteiger partial charge < -0.3 is 4.74 Å². The average Bonchev–Trinajstić information content (AvgIpc) is 2.67. The van der Waals surface area contributed by atoms with Gasteiger partial charge in [-0.05, 0) is 41.4 Å². The van der Waals surface area contributed by atoms with E-state index in [1.54, 1.807) is 7.11 Å². The normalized spacial score (nSPS) is 20.1. The van der Waals surface area contributed by atoms with E-state index < -0.39 is 0 Å². The first-order valence-corrected chi connectivity index (χ1v) is 8.75. The van der Waals surface area contributed by atoms with Crippen molar-refractivity contribution in [2.75, 3.05) is 14.2 Å². The van der Waals surface area contributed by atoms with Crippen LogP contribution in [0.1, 0.15) is 34.2 Å². The number of likely N-dealkylation sites (N-methyl/N-ethyl adjacent to an activating group) is 1. The van der Waals surface area contributed by atoms with Crippen molar-refractivity contribution >= 4 is 0 Å². The average molecular weight is 329 g/mol. The third-order valence-corrected chi connectivity index (χ3v) is 5.22. The van der Waals surface area contributed by atoms with E-state index in [4.69, 9.17) is 4.74 Å². The molecule has 0 N–H and O–H groups in total. The molecule has 25 heavy (non-hydrogen) atoms. The summed E-state index contributed by atoms with van der Waals surface area (Å²) in [5.41, 5.74) is 5.53. The summed E-state index contributed by atoms with van der Waals surface area (Å²) in [6.07, 6.45) is 0. The van der Waals surface area contributed by atoms with Gasteiger partial charge in [-0.15, -0.1) is 0 Å². The van der Waals surface area contributed by atoms with E-state index in [0.29, 0.717) is 12.0 Å². The van der Waals surface area contributed by atoms with Crippen molar-refractivity contribution in [1.29, 1.82) is 0 Å². The third kappa shape index (κ3) is 2.94. The zero-order valence-corrected chi connectivity index (χ0v) is 14.7. The van der Waals surface area contributed by atoms with Gasteiger partial charge in [-0.2, -0.15) is 0 Å². The molecule has 0 saturated carbocycles. The molecule has 0 spiro atoms. The molecule has 0 bridgehead atoms. The Morgan fingerprint density at radius 2 is 1.48 bits per heavy atom. The molecule has 2 unspecified atom stereocenters. The zero-order valence-electron chi connectivity index (χ0n) is 14.7. The highest BCUT2D eigenvalue weighted by Crippen LogP contribution is 2.45. The molecule has 2 atom stereocenters. The van der Waals surface area contributed by atoms with Gasteiger partial charge >= 0.3 is 0 Å². The van der Waals surface area contributed by atoms with Crippen molar-refractivity contribution in [3.8, 4) is 5.75 Å². The minimum Gasteiger partial charge on any atom is -0.497 e. The highest BCUT2D eigenvalue weighted by molar-refractivity contribution is 5.45. The number of methoxy groups -OCH3 is 1. The Kier molecular flexibility index (Phi) is 4.29. The van der Waals surface area contributed by atoms with Crippen LogP contribution >= 0.6 is 0 Å². The molecule has 0 aliphatic carbocycles. The predicted octanol–water partition coefficient (Wildman–Crippen LogP) is 5.01. The van der Waals surface area contributed by atoms with Crippen molar-refractivity contribution in [2.24, 2.45) is 0 Å². The molecule has 2 nitrogen and oxygen atoms in total. The van der Waals surface area contributed by atoms with Gasteiger partial charge in [0.15, 0.2) is 0 Å². The molecule has 0 radical (unpaired) electrons. The van der Waals surface area contributed by atoms with Gasteiger partial charge in [0.2, 0.25) is 0 Å². The molecule has 0 aromatic heterocycles. The zero-order chi connectivity index (χ0) is 17.2. The highest BCUT2D eigenvalue weighted by Gasteiger charge is 2.35. The predicted molar refractivity (Wildman–Crippen MR) is 102 cm³/mol. The van der Waals surface area contributed by atoms with E-state index in [-0.39, 0.29) is 0 Å². The molecule has 4 rings (SSSR count). The van der Waals surface area contributed by atoms with Gasteiger partial charge in [-0.25, -0.2) is 0 Å². The van der Waals surface area contributed by atoms with Crippen LogP contribution in [0.2, 0.25) is 0 Å². The quantitative estimate of drug-likeness (QED) is 0.669. The van der Waals surface area contributed by atoms with E-state index in [1.165, 1.54) is 22.3 Å². The third-order valence-electron chi connectivity index (χ3n) is 5.22. The lowest BCUT2D eigenvalue weighted by molar-refractivity contribution is 0.198. The SMILES string of the molecule is COc1ccc(C2c3ccccc3CN(C)C2c2ccccc2)cc1. The number of hydrogen-bond donors (Lipinski definition) is 0. The van der Waals surface area contributed by atoms with Crippen LogP contribution in [0.4, 0.5) is 0 Å². The van der Waals surface area contributed by atoms with Crippen LogP contribution < -0.4 is 4.74 Å². The maximum atomic E-state index is 5.35. The van der Waals surface area contributed by atoms with Crippen LogP contribution in [0.5, 0.6) is 5.75 Å². The molecule has 0 fully saturated rings. The maximum absolute atomic E-state index is 5.35. The summed E-state index contributed by atoms with van der Waals surface area (Å²) in [7, 11) is 3.94. The first kappa shape index (κ1) is 15.9. The van der Waals surface area contributed by atoms with Crippen molar-refractivity contribution in [3.05, 3.63) is 101 Å². The maximum Gasteiger partial charge on any atom is 0.118 e. The summed E-state index contributed by atoms with van der Waals surface area (Å²) in [4.78, 5) is 2.46. The molecule has 3 aromatic rings. The molecule has 3 aromatic carbocycles. The van der Waals surface area contributed by atoms with Crippen LogP contribution in [-0.4, -0.2) is 19.1 Å². The van der Waals surface area contributed by atoms with Crippen LogP contribution in [0.3, 0.4) is 0 Å². The van der Waals surface area contributed by atoms with E-state index >= 15 is 0 Å². The number of ether oxygens (including phenoxy) is 1. The molecule has 1 aliphatic heterocycles. The Labute approximate surface area is 149 Å². The number of nitrogens with zero attached hydrogens (tertiary/aromatic N) is 1. The fourth-order valence-electron chi connectivity index (χ4n) is 4.04. The molecule has 1 heterocycles. The largest absolute Gasteiger partial charge is 0.497 e. The van der Waals surface area contributed by atoms with Crippen LogP contribution in [0.15, 0.2) is 78.9 Å². The van der Waals surface area contributed by atoms with Crippen molar-refractivity contribution in [1.82, 2.24) is 4.90 Å². The molecular formula is C23H23NO. The number of benzene rings is 3. The second kappa shape index (κ2) is 6.73. The molecular weight excluding hydrogens is 306 g/mol. The van der Waals surface area contributed by atoms with Gasteiger partial charge in [0.25, 0.3) is 0 Å². The fraction of sp³-hybridized carbons (Fsp3) is 0.217. The monoisotopic (exact) mass is 329 g/mol. The first-order valence-electron chi connectivity index (χ1n) is 8.75. The number of rotatable bonds is 3. The van der Waals surface area contributed by atoms with Gasteiger partial charge in [0.05, 0.1) is 7.11 Å². The van der Waals surface area contributed by atoms with Crippen LogP contribution in [0, 0.1) is 0 Å². The lowest BCUT2D eigenvalue weighted by Gasteiger charge is -2.41. The molecule has 1 aliphatic rings. The Morgan fingerprint density at radius 3 is 2.20 bits per heavy atom. The van der Waals surface area contributed by atoms with Gasteiger partial charge in [0, 0.05) is 18.5 Å². The van der Waals surface area contributed by atoms with Crippen LogP contribution in [-0.2, 0) is 6.54 Å². The Bertz CT molecular complexity index is 841. The molecule has 2 heteroatoms. The topological polar surface area (TPSA) is 12.5 Å². The summed E-state index contributed by atoms with van der Waals surface area (Å²) < 4.78 is 5.35. The second-order valence-corrected chi connectivity index (χ2v) is 6.72. The Morgan fingerprint density at radius 1 is 0.800 bits per heavy atom. The van der Waals surface area contributed by atoms with Gasteiger partial charge in [-0.3, -0.25) is 4.90 Å². The molecule has 0 saturated heterocycles. The van der Waals surface area contributed by atoms with Crippen molar-refractivity contribution in [2.45, 2.75) is 18.5 Å². The number of hydrogen-bond acceptors (Lipinski definition) is 2. The van der Waals surface area contributed by atoms with E-state index in [2.05, 4.69) is 90.8 Å². The smallest absolute Gasteiger partial charge is 0.118 e. The van der Waals surface area contributed by atoms with Crippen molar-refractivity contribution < 1.29 is 4.74 Å². The lowest BCUT2D eigenvalue weighted by Crippen LogP contribution is -2.34. The van der Waals surface area contributed by atoms with E-state index in [0.717, 1.165) is 12.3 Å². The lowest BCUT2D eigenvalue weighted by atomic mass is 9.76. The minimum absolute atomic E-state index is 0.309. The number of fused-ring (bicyclic) bond motifs is 1. The van der Waals surface area contributed by atoms with Crippen molar-refractivity contribution in [3.63, 3.8) is 0 Å². The Balaban J connectivity index is 1.86. The Hall–Kier alpha value is -2.58. The van der Waals surface area contributed by atoms with E-state index in [9.17, 15) is 0 Å². The van der Waals surface area contributed by atoms with E-state index in [1.807, 2.05) is 0 Å². The molecule has 126 valence electrons. The minimum atomic E-state index is 0.309. The summed E-state index contributed by atoms with van der Waals surface area (Å²) in [5, 5.41) is 0. The summed E-state index contributed by atoms with van der Waals surface area (Å²) >= 11 is 0.